The third-order valence-electron chi connectivity index (χ3n) is 8.42. The standard InChI is InChI=1S/C29H36ClF2N3O4S/c30-21-7-10-25(11-8-21)40(37,38)35-24(5-4-6-28(35)26-19-22(31)9-12-27(26)32)20-39-29(36)34-17-13-23(14-18-34)33-15-2-1-3-16-33/h7-12,19,23-24,28H,1-6,13-18,20H2/t24-,28+/m1/s1. The number of piperidine rings is 3. The molecule has 3 heterocycles. The van der Waals surface area contributed by atoms with E-state index < -0.39 is 39.8 Å². The van der Waals surface area contributed by atoms with Crippen LogP contribution < -0.4 is 0 Å². The summed E-state index contributed by atoms with van der Waals surface area (Å²) in [5, 5.41) is 0.375. The number of rotatable bonds is 6. The van der Waals surface area contributed by atoms with Crippen molar-refractivity contribution < 1.29 is 26.7 Å². The number of hydrogen-bond acceptors (Lipinski definition) is 5. The van der Waals surface area contributed by atoms with Crippen molar-refractivity contribution in [2.75, 3.05) is 32.8 Å². The maximum Gasteiger partial charge on any atom is 0.409 e. The van der Waals surface area contributed by atoms with Crippen LogP contribution in [0, 0.1) is 11.6 Å². The lowest BCUT2D eigenvalue weighted by Gasteiger charge is -2.42. The van der Waals surface area contributed by atoms with Gasteiger partial charge in [0.1, 0.15) is 18.2 Å². The molecular formula is C29H36ClF2N3O4S. The molecule has 5 rings (SSSR count). The van der Waals surface area contributed by atoms with Crippen molar-refractivity contribution in [3.8, 4) is 0 Å². The normalized spacial score (nSPS) is 23.7. The molecule has 218 valence electrons. The Morgan fingerprint density at radius 2 is 1.60 bits per heavy atom. The van der Waals surface area contributed by atoms with Crippen molar-refractivity contribution in [2.24, 2.45) is 0 Å². The van der Waals surface area contributed by atoms with Crippen molar-refractivity contribution in [2.45, 2.75) is 74.4 Å². The highest BCUT2D eigenvalue weighted by molar-refractivity contribution is 7.89. The molecule has 11 heteroatoms. The van der Waals surface area contributed by atoms with Crippen molar-refractivity contribution in [1.29, 1.82) is 0 Å². The van der Waals surface area contributed by atoms with Crippen molar-refractivity contribution in [3.05, 3.63) is 64.7 Å². The molecule has 0 bridgehead atoms. The summed E-state index contributed by atoms with van der Waals surface area (Å²) < 4.78 is 63.9. The molecule has 2 aromatic rings. The number of carbonyl (C=O) groups is 1. The zero-order chi connectivity index (χ0) is 28.3. The van der Waals surface area contributed by atoms with Gasteiger partial charge in [0.25, 0.3) is 0 Å². The van der Waals surface area contributed by atoms with Crippen LogP contribution in [0.2, 0.25) is 5.02 Å². The van der Waals surface area contributed by atoms with Gasteiger partial charge >= 0.3 is 6.09 Å². The van der Waals surface area contributed by atoms with E-state index in [-0.39, 0.29) is 17.1 Å². The second kappa shape index (κ2) is 12.7. The van der Waals surface area contributed by atoms with E-state index in [1.54, 1.807) is 4.90 Å². The number of sulfonamides is 1. The molecule has 0 radical (unpaired) electrons. The van der Waals surface area contributed by atoms with Gasteiger partial charge in [-0.1, -0.05) is 18.0 Å². The molecule has 3 fully saturated rings. The third-order valence-corrected chi connectivity index (χ3v) is 10.6. The molecule has 0 aliphatic carbocycles. The number of hydrogen-bond donors (Lipinski definition) is 0. The van der Waals surface area contributed by atoms with Crippen LogP contribution in [0.1, 0.15) is 63.0 Å². The average molecular weight is 596 g/mol. The Hall–Kier alpha value is -2.27. The Kier molecular flexibility index (Phi) is 9.29. The predicted molar refractivity (Wildman–Crippen MR) is 149 cm³/mol. The van der Waals surface area contributed by atoms with Crippen LogP contribution in [0.5, 0.6) is 0 Å². The minimum absolute atomic E-state index is 0.0169. The predicted octanol–water partition coefficient (Wildman–Crippen LogP) is 5.99. The first-order valence-electron chi connectivity index (χ1n) is 14.1. The molecule has 3 aliphatic rings. The van der Waals surface area contributed by atoms with Gasteiger partial charge in [0, 0.05) is 29.7 Å². The van der Waals surface area contributed by atoms with Gasteiger partial charge in [0.05, 0.1) is 17.0 Å². The fourth-order valence-electron chi connectivity index (χ4n) is 6.32. The molecule has 3 aliphatic heterocycles. The van der Waals surface area contributed by atoms with Gasteiger partial charge in [-0.15, -0.1) is 0 Å². The lowest BCUT2D eigenvalue weighted by Crippen LogP contribution is -2.50. The maximum atomic E-state index is 14.9. The van der Waals surface area contributed by atoms with Crippen LogP contribution in [0.4, 0.5) is 13.6 Å². The zero-order valence-electron chi connectivity index (χ0n) is 22.5. The topological polar surface area (TPSA) is 70.2 Å². The first kappa shape index (κ1) is 29.2. The fraction of sp³-hybridized carbons (Fsp3) is 0.552. The number of amides is 1. The van der Waals surface area contributed by atoms with E-state index in [4.69, 9.17) is 16.3 Å². The Labute approximate surface area is 240 Å². The number of carbonyl (C=O) groups excluding carboxylic acids is 1. The molecule has 3 saturated heterocycles. The lowest BCUT2D eigenvalue weighted by atomic mass is 9.93. The molecule has 1 amide bonds. The summed E-state index contributed by atoms with van der Waals surface area (Å²) >= 11 is 5.99. The van der Waals surface area contributed by atoms with E-state index >= 15 is 0 Å². The first-order chi connectivity index (χ1) is 19.2. The molecule has 0 saturated carbocycles. The highest BCUT2D eigenvalue weighted by atomic mass is 35.5. The number of likely N-dealkylation sites (tertiary alicyclic amines) is 2. The summed E-state index contributed by atoms with van der Waals surface area (Å²) in [4.78, 5) is 17.2. The molecule has 0 unspecified atom stereocenters. The summed E-state index contributed by atoms with van der Waals surface area (Å²) in [6.07, 6.45) is 6.31. The summed E-state index contributed by atoms with van der Waals surface area (Å²) in [6.45, 7) is 3.23. The SMILES string of the molecule is O=C(OC[C@H]1CCC[C@@H](c2cc(F)ccc2F)N1S(=O)(=O)c1ccc(Cl)cc1)N1CCC(N2CCCCC2)CC1. The quantitative estimate of drug-likeness (QED) is 0.410. The Bertz CT molecular complexity index is 1280. The van der Waals surface area contributed by atoms with Crippen LogP contribution in [0.25, 0.3) is 0 Å². The van der Waals surface area contributed by atoms with Gasteiger partial charge in [0.2, 0.25) is 10.0 Å². The van der Waals surface area contributed by atoms with Crippen LogP contribution in [-0.4, -0.2) is 73.5 Å². The molecule has 2 atom stereocenters. The molecule has 2 aromatic carbocycles. The molecule has 7 nitrogen and oxygen atoms in total. The van der Waals surface area contributed by atoms with Crippen LogP contribution in [0.3, 0.4) is 0 Å². The molecule has 0 aromatic heterocycles. The minimum Gasteiger partial charge on any atom is -0.448 e. The van der Waals surface area contributed by atoms with E-state index in [2.05, 4.69) is 4.90 Å². The zero-order valence-corrected chi connectivity index (χ0v) is 24.1. The second-order valence-corrected chi connectivity index (χ2v) is 13.2. The van der Waals surface area contributed by atoms with Crippen LogP contribution >= 0.6 is 11.6 Å². The average Bonchev–Trinajstić information content (AvgIpc) is 2.97. The number of halogens is 3. The first-order valence-corrected chi connectivity index (χ1v) is 16.0. The lowest BCUT2D eigenvalue weighted by molar-refractivity contribution is 0.0446. The Balaban J connectivity index is 1.32. The van der Waals surface area contributed by atoms with Gasteiger partial charge in [-0.05, 0) is 100 Å². The fourth-order valence-corrected chi connectivity index (χ4v) is 8.29. The summed E-state index contributed by atoms with van der Waals surface area (Å²) in [7, 11) is -4.17. The van der Waals surface area contributed by atoms with Gasteiger partial charge in [-0.25, -0.2) is 22.0 Å². The summed E-state index contributed by atoms with van der Waals surface area (Å²) in [6, 6.07) is 7.57. The highest BCUT2D eigenvalue weighted by Gasteiger charge is 2.42. The summed E-state index contributed by atoms with van der Waals surface area (Å²) in [5.41, 5.74) is -0.0339. The van der Waals surface area contributed by atoms with Crippen LogP contribution in [0.15, 0.2) is 47.4 Å². The second-order valence-electron chi connectivity index (χ2n) is 10.9. The summed E-state index contributed by atoms with van der Waals surface area (Å²) in [5.74, 6) is -1.33. The van der Waals surface area contributed by atoms with Crippen LogP contribution in [-0.2, 0) is 14.8 Å². The number of ether oxygens (including phenoxy) is 1. The third kappa shape index (κ3) is 6.45. The number of benzene rings is 2. The molecule has 0 spiro atoms. The van der Waals surface area contributed by atoms with E-state index in [0.717, 1.165) is 44.1 Å². The van der Waals surface area contributed by atoms with E-state index in [9.17, 15) is 22.0 Å². The van der Waals surface area contributed by atoms with E-state index in [1.165, 1.54) is 47.8 Å². The van der Waals surface area contributed by atoms with Gasteiger partial charge in [0.15, 0.2) is 0 Å². The van der Waals surface area contributed by atoms with E-state index in [1.807, 2.05) is 0 Å². The van der Waals surface area contributed by atoms with Gasteiger partial charge < -0.3 is 14.5 Å². The van der Waals surface area contributed by atoms with Crippen molar-refractivity contribution >= 4 is 27.7 Å². The Morgan fingerprint density at radius 1 is 0.900 bits per heavy atom. The largest absolute Gasteiger partial charge is 0.448 e. The monoisotopic (exact) mass is 595 g/mol. The number of nitrogens with zero attached hydrogens (tertiary/aromatic N) is 3. The molecule has 0 N–H and O–H groups in total. The van der Waals surface area contributed by atoms with Crippen molar-refractivity contribution in [1.82, 2.24) is 14.1 Å². The smallest absolute Gasteiger partial charge is 0.409 e. The van der Waals surface area contributed by atoms with Crippen molar-refractivity contribution in [3.63, 3.8) is 0 Å². The highest BCUT2D eigenvalue weighted by Crippen LogP contribution is 2.40. The minimum atomic E-state index is -4.17. The van der Waals surface area contributed by atoms with Gasteiger partial charge in [-0.3, -0.25) is 0 Å². The molecule has 40 heavy (non-hydrogen) atoms. The van der Waals surface area contributed by atoms with E-state index in [0.29, 0.717) is 43.4 Å². The van der Waals surface area contributed by atoms with Gasteiger partial charge in [-0.2, -0.15) is 4.31 Å². The Morgan fingerprint density at radius 3 is 2.30 bits per heavy atom. The molecular weight excluding hydrogens is 560 g/mol. The maximum absolute atomic E-state index is 14.9.